The number of rotatable bonds is 3. The summed E-state index contributed by atoms with van der Waals surface area (Å²) in [4.78, 5) is 30.7. The number of ketones is 1. The van der Waals surface area contributed by atoms with E-state index in [1.54, 1.807) is 24.3 Å². The first-order valence-electron chi connectivity index (χ1n) is 8.37. The summed E-state index contributed by atoms with van der Waals surface area (Å²) in [6, 6.07) is 16.2. The third kappa shape index (κ3) is 2.80. The Bertz CT molecular complexity index is 980. The highest BCUT2D eigenvalue weighted by Crippen LogP contribution is 2.26. The maximum Gasteiger partial charge on any atom is 0.233 e. The zero-order valence-electron chi connectivity index (χ0n) is 14.0. The maximum absolute atomic E-state index is 12.7. The molecule has 124 valence electrons. The summed E-state index contributed by atoms with van der Waals surface area (Å²) in [7, 11) is 1.74. The van der Waals surface area contributed by atoms with Crippen molar-refractivity contribution in [2.75, 3.05) is 13.6 Å². The summed E-state index contributed by atoms with van der Waals surface area (Å²) in [5, 5.41) is 2.32. The molecule has 1 atom stereocenters. The largest absolute Gasteiger partial charge is 0.345 e. The van der Waals surface area contributed by atoms with E-state index in [1.165, 1.54) is 5.39 Å². The number of Topliss-reactive ketones (excluding diaryl/α,β-unsaturated/α-hetero) is 1. The molecule has 4 heteroatoms. The Hall–Kier alpha value is -3.01. The van der Waals surface area contributed by atoms with Crippen LogP contribution in [0.5, 0.6) is 0 Å². The molecule has 1 amide bonds. The van der Waals surface area contributed by atoms with Crippen LogP contribution in [-0.4, -0.2) is 35.2 Å². The van der Waals surface area contributed by atoms with Gasteiger partial charge in [0.05, 0.1) is 0 Å². The molecule has 4 rings (SSSR count). The highest BCUT2D eigenvalue weighted by molar-refractivity contribution is 6.11. The van der Waals surface area contributed by atoms with Gasteiger partial charge in [-0.15, -0.1) is 0 Å². The van der Waals surface area contributed by atoms with E-state index >= 15 is 0 Å². The van der Waals surface area contributed by atoms with Gasteiger partial charge in [-0.1, -0.05) is 36.4 Å². The van der Waals surface area contributed by atoms with Gasteiger partial charge in [0.15, 0.2) is 5.78 Å². The van der Waals surface area contributed by atoms with E-state index < -0.39 is 5.92 Å². The number of amides is 1. The number of carbonyl (C=O) groups is 2. The molecule has 0 spiro atoms. The molecule has 0 aliphatic carbocycles. The summed E-state index contributed by atoms with van der Waals surface area (Å²) in [6.45, 7) is 0.632. The number of hydrogen-bond donors (Lipinski definition) is 0. The summed E-state index contributed by atoms with van der Waals surface area (Å²) >= 11 is 0. The van der Waals surface area contributed by atoms with Crippen molar-refractivity contribution in [2.45, 2.75) is 6.42 Å². The molecule has 0 bridgehead atoms. The number of pyridine rings is 1. The zero-order valence-corrected chi connectivity index (χ0v) is 14.0. The molecule has 1 aliphatic rings. The van der Waals surface area contributed by atoms with Crippen molar-refractivity contribution in [1.29, 1.82) is 0 Å². The SMILES string of the molecule is CN1CCC(C(=O)c2cncc(-c3ccc4ccccc4c3)c2)C1=O. The first kappa shape index (κ1) is 15.5. The summed E-state index contributed by atoms with van der Waals surface area (Å²) in [5.74, 6) is -0.802. The number of fused-ring (bicyclic) bond motifs is 1. The molecule has 1 aliphatic heterocycles. The van der Waals surface area contributed by atoms with Gasteiger partial charge in [0, 0.05) is 37.1 Å². The van der Waals surface area contributed by atoms with Gasteiger partial charge in [0.1, 0.15) is 5.92 Å². The van der Waals surface area contributed by atoms with E-state index in [0.29, 0.717) is 18.5 Å². The second kappa shape index (κ2) is 6.13. The molecule has 0 saturated carbocycles. The Kier molecular flexibility index (Phi) is 3.80. The van der Waals surface area contributed by atoms with E-state index in [9.17, 15) is 9.59 Å². The first-order chi connectivity index (χ1) is 12.1. The molecule has 1 saturated heterocycles. The lowest BCUT2D eigenvalue weighted by atomic mass is 9.95. The van der Waals surface area contributed by atoms with Crippen LogP contribution in [0, 0.1) is 5.92 Å². The van der Waals surface area contributed by atoms with Crippen molar-refractivity contribution >= 4 is 22.5 Å². The standard InChI is InChI=1S/C21H18N2O2/c1-23-9-8-19(21(23)25)20(24)18-11-17(12-22-13-18)16-7-6-14-4-2-3-5-15(14)10-16/h2-7,10-13,19H,8-9H2,1H3. The Morgan fingerprint density at radius 3 is 2.60 bits per heavy atom. The number of nitrogens with zero attached hydrogens (tertiary/aromatic N) is 2. The van der Waals surface area contributed by atoms with Crippen LogP contribution in [0.25, 0.3) is 21.9 Å². The smallest absolute Gasteiger partial charge is 0.233 e. The molecule has 0 radical (unpaired) electrons. The predicted molar refractivity (Wildman–Crippen MR) is 97.3 cm³/mol. The van der Waals surface area contributed by atoms with Crippen molar-refractivity contribution < 1.29 is 9.59 Å². The van der Waals surface area contributed by atoms with Crippen molar-refractivity contribution in [2.24, 2.45) is 5.92 Å². The number of hydrogen-bond acceptors (Lipinski definition) is 3. The Morgan fingerprint density at radius 1 is 1.04 bits per heavy atom. The van der Waals surface area contributed by atoms with Crippen LogP contribution in [0.1, 0.15) is 16.8 Å². The normalized spacial score (nSPS) is 17.2. The maximum atomic E-state index is 12.7. The molecule has 1 aromatic heterocycles. The molecule has 1 fully saturated rings. The molecule has 1 unspecified atom stereocenters. The van der Waals surface area contributed by atoms with Gasteiger partial charge in [0.25, 0.3) is 0 Å². The van der Waals surface area contributed by atoms with Crippen molar-refractivity contribution in [3.8, 4) is 11.1 Å². The molecule has 2 aromatic carbocycles. The molecule has 4 nitrogen and oxygen atoms in total. The molecule has 2 heterocycles. The van der Waals surface area contributed by atoms with Gasteiger partial charge in [-0.25, -0.2) is 0 Å². The quantitative estimate of drug-likeness (QED) is 0.545. The Morgan fingerprint density at radius 2 is 1.84 bits per heavy atom. The fraction of sp³-hybridized carbons (Fsp3) is 0.190. The third-order valence-electron chi connectivity index (χ3n) is 4.85. The van der Waals surface area contributed by atoms with Crippen LogP contribution in [-0.2, 0) is 4.79 Å². The van der Waals surface area contributed by atoms with Gasteiger partial charge < -0.3 is 4.90 Å². The van der Waals surface area contributed by atoms with Crippen LogP contribution in [0.15, 0.2) is 60.9 Å². The number of aromatic nitrogens is 1. The average molecular weight is 330 g/mol. The molecule has 25 heavy (non-hydrogen) atoms. The summed E-state index contributed by atoms with van der Waals surface area (Å²) < 4.78 is 0. The van der Waals surface area contributed by atoms with Crippen LogP contribution in [0.3, 0.4) is 0 Å². The number of likely N-dealkylation sites (tertiary alicyclic amines) is 1. The van der Waals surface area contributed by atoms with Gasteiger partial charge >= 0.3 is 0 Å². The van der Waals surface area contributed by atoms with Crippen LogP contribution < -0.4 is 0 Å². The number of carbonyl (C=O) groups excluding carboxylic acids is 2. The minimum atomic E-state index is -0.571. The number of benzene rings is 2. The summed E-state index contributed by atoms with van der Waals surface area (Å²) in [5.41, 5.74) is 2.39. The highest BCUT2D eigenvalue weighted by atomic mass is 16.2. The predicted octanol–water partition coefficient (Wildman–Crippen LogP) is 3.56. The monoisotopic (exact) mass is 330 g/mol. The van der Waals surface area contributed by atoms with Gasteiger partial charge in [0.2, 0.25) is 5.91 Å². The lowest BCUT2D eigenvalue weighted by molar-refractivity contribution is -0.128. The lowest BCUT2D eigenvalue weighted by Gasteiger charge is -2.10. The van der Waals surface area contributed by atoms with E-state index in [4.69, 9.17) is 0 Å². The van der Waals surface area contributed by atoms with E-state index in [0.717, 1.165) is 16.5 Å². The third-order valence-corrected chi connectivity index (χ3v) is 4.85. The van der Waals surface area contributed by atoms with Gasteiger partial charge in [-0.3, -0.25) is 14.6 Å². The molecule has 3 aromatic rings. The summed E-state index contributed by atoms with van der Waals surface area (Å²) in [6.07, 6.45) is 3.89. The average Bonchev–Trinajstić information content (AvgIpc) is 2.99. The van der Waals surface area contributed by atoms with E-state index in [1.807, 2.05) is 24.3 Å². The van der Waals surface area contributed by atoms with E-state index in [-0.39, 0.29) is 11.7 Å². The second-order valence-electron chi connectivity index (χ2n) is 6.49. The molecule has 0 N–H and O–H groups in total. The fourth-order valence-electron chi connectivity index (χ4n) is 3.37. The molecular weight excluding hydrogens is 312 g/mol. The zero-order chi connectivity index (χ0) is 17.4. The first-order valence-corrected chi connectivity index (χ1v) is 8.37. The Balaban J connectivity index is 1.69. The van der Waals surface area contributed by atoms with Gasteiger partial charge in [-0.2, -0.15) is 0 Å². The topological polar surface area (TPSA) is 50.3 Å². The lowest BCUT2D eigenvalue weighted by Crippen LogP contribution is -2.27. The minimum Gasteiger partial charge on any atom is -0.345 e. The fourth-order valence-corrected chi connectivity index (χ4v) is 3.37. The Labute approximate surface area is 146 Å². The minimum absolute atomic E-state index is 0.0962. The van der Waals surface area contributed by atoms with Crippen LogP contribution in [0.2, 0.25) is 0 Å². The van der Waals surface area contributed by atoms with Crippen LogP contribution in [0.4, 0.5) is 0 Å². The van der Waals surface area contributed by atoms with Crippen molar-refractivity contribution in [1.82, 2.24) is 9.88 Å². The van der Waals surface area contributed by atoms with Crippen LogP contribution >= 0.6 is 0 Å². The van der Waals surface area contributed by atoms with Crippen molar-refractivity contribution in [3.05, 3.63) is 66.5 Å². The highest BCUT2D eigenvalue weighted by Gasteiger charge is 2.35. The van der Waals surface area contributed by atoms with E-state index in [2.05, 4.69) is 29.2 Å². The van der Waals surface area contributed by atoms with Crippen molar-refractivity contribution in [3.63, 3.8) is 0 Å². The second-order valence-corrected chi connectivity index (χ2v) is 6.49. The van der Waals surface area contributed by atoms with Gasteiger partial charge in [-0.05, 0) is 34.9 Å². The molecular formula is C21H18N2O2.